The van der Waals surface area contributed by atoms with Gasteiger partial charge in [-0.25, -0.2) is 4.79 Å². The quantitative estimate of drug-likeness (QED) is 0.731. The SMILES string of the molecule is CCC(C)NC(=O)CN1CCN(C(=O)Nc2ccc3c(ccn3CC(C)C)c2)CC1. The Balaban J connectivity index is 1.50. The minimum Gasteiger partial charge on any atom is -0.353 e. The summed E-state index contributed by atoms with van der Waals surface area (Å²) in [5.74, 6) is 0.639. The van der Waals surface area contributed by atoms with Crippen LogP contribution in [0.2, 0.25) is 0 Å². The molecule has 2 N–H and O–H groups in total. The summed E-state index contributed by atoms with van der Waals surface area (Å²) in [7, 11) is 0. The van der Waals surface area contributed by atoms with Gasteiger partial charge in [0, 0.05) is 61.6 Å². The average Bonchev–Trinajstić information content (AvgIpc) is 3.09. The molecule has 0 radical (unpaired) electrons. The van der Waals surface area contributed by atoms with Crippen LogP contribution in [-0.4, -0.2) is 65.1 Å². The highest BCUT2D eigenvalue weighted by molar-refractivity contribution is 5.93. The molecule has 3 rings (SSSR count). The number of benzene rings is 1. The first-order valence-electron chi connectivity index (χ1n) is 11.0. The Labute approximate surface area is 179 Å². The van der Waals surface area contributed by atoms with Gasteiger partial charge in [0.05, 0.1) is 6.54 Å². The maximum atomic E-state index is 12.7. The minimum atomic E-state index is -0.0836. The Bertz CT molecular complexity index is 868. The first kappa shape index (κ1) is 22.2. The molecular formula is C23H35N5O2. The third-order valence-electron chi connectivity index (χ3n) is 5.63. The molecular weight excluding hydrogens is 378 g/mol. The van der Waals surface area contributed by atoms with Crippen molar-refractivity contribution in [2.24, 2.45) is 5.92 Å². The van der Waals surface area contributed by atoms with Gasteiger partial charge < -0.3 is 20.1 Å². The lowest BCUT2D eigenvalue weighted by Crippen LogP contribution is -2.52. The molecule has 0 bridgehead atoms. The van der Waals surface area contributed by atoms with Crippen LogP contribution in [0.3, 0.4) is 0 Å². The van der Waals surface area contributed by atoms with Gasteiger partial charge in [-0.15, -0.1) is 0 Å². The fourth-order valence-electron chi connectivity index (χ4n) is 3.77. The molecule has 3 amide bonds. The number of nitrogens with one attached hydrogen (secondary N) is 2. The molecule has 2 aromatic rings. The fraction of sp³-hybridized carbons (Fsp3) is 0.565. The van der Waals surface area contributed by atoms with Crippen LogP contribution in [-0.2, 0) is 11.3 Å². The predicted octanol–water partition coefficient (Wildman–Crippen LogP) is 3.36. The summed E-state index contributed by atoms with van der Waals surface area (Å²) < 4.78 is 2.25. The minimum absolute atomic E-state index is 0.0555. The zero-order valence-corrected chi connectivity index (χ0v) is 18.6. The van der Waals surface area contributed by atoms with Crippen molar-refractivity contribution in [2.75, 3.05) is 38.0 Å². The lowest BCUT2D eigenvalue weighted by atomic mass is 10.2. The number of anilines is 1. The van der Waals surface area contributed by atoms with Crippen molar-refractivity contribution in [1.82, 2.24) is 19.7 Å². The summed E-state index contributed by atoms with van der Waals surface area (Å²) >= 11 is 0. The number of hydrogen-bond acceptors (Lipinski definition) is 3. The van der Waals surface area contributed by atoms with Gasteiger partial charge in [0.1, 0.15) is 0 Å². The number of nitrogens with zero attached hydrogens (tertiary/aromatic N) is 3. The Morgan fingerprint density at radius 3 is 2.47 bits per heavy atom. The lowest BCUT2D eigenvalue weighted by molar-refractivity contribution is -0.123. The molecule has 1 fully saturated rings. The fourth-order valence-corrected chi connectivity index (χ4v) is 3.77. The molecule has 0 spiro atoms. The van der Waals surface area contributed by atoms with Crippen molar-refractivity contribution in [2.45, 2.75) is 46.7 Å². The molecule has 0 aliphatic carbocycles. The van der Waals surface area contributed by atoms with Crippen LogP contribution in [0.4, 0.5) is 10.5 Å². The predicted molar refractivity (Wildman–Crippen MR) is 122 cm³/mol. The number of aromatic nitrogens is 1. The summed E-state index contributed by atoms with van der Waals surface area (Å²) in [5, 5.41) is 7.15. The molecule has 1 atom stereocenters. The number of piperazine rings is 1. The Hall–Kier alpha value is -2.54. The number of carbonyl (C=O) groups excluding carboxylic acids is 2. The van der Waals surface area contributed by atoms with E-state index in [0.717, 1.165) is 24.0 Å². The number of rotatable bonds is 7. The van der Waals surface area contributed by atoms with Crippen molar-refractivity contribution in [1.29, 1.82) is 0 Å². The molecule has 1 aliphatic rings. The van der Waals surface area contributed by atoms with Crippen LogP contribution < -0.4 is 10.6 Å². The maximum absolute atomic E-state index is 12.7. The summed E-state index contributed by atoms with van der Waals surface area (Å²) in [6.07, 6.45) is 3.03. The first-order chi connectivity index (χ1) is 14.4. The van der Waals surface area contributed by atoms with Crippen molar-refractivity contribution in [3.8, 4) is 0 Å². The molecule has 7 nitrogen and oxygen atoms in total. The second-order valence-electron chi connectivity index (χ2n) is 8.71. The van der Waals surface area contributed by atoms with E-state index in [1.807, 2.05) is 24.0 Å². The van der Waals surface area contributed by atoms with Crippen LogP contribution in [0, 0.1) is 5.92 Å². The van der Waals surface area contributed by atoms with Gasteiger partial charge in [-0.2, -0.15) is 0 Å². The van der Waals surface area contributed by atoms with Crippen LogP contribution in [0.25, 0.3) is 10.9 Å². The first-order valence-corrected chi connectivity index (χ1v) is 11.0. The molecule has 30 heavy (non-hydrogen) atoms. The van der Waals surface area contributed by atoms with Crippen LogP contribution in [0.15, 0.2) is 30.5 Å². The molecule has 1 aromatic heterocycles. The third-order valence-corrected chi connectivity index (χ3v) is 5.63. The molecule has 1 saturated heterocycles. The summed E-state index contributed by atoms with van der Waals surface area (Å²) in [6.45, 7) is 12.5. The number of fused-ring (bicyclic) bond motifs is 1. The zero-order chi connectivity index (χ0) is 21.7. The average molecular weight is 414 g/mol. The van der Waals surface area contributed by atoms with Gasteiger partial charge >= 0.3 is 6.03 Å². The van der Waals surface area contributed by atoms with E-state index in [4.69, 9.17) is 0 Å². The zero-order valence-electron chi connectivity index (χ0n) is 18.6. The van der Waals surface area contributed by atoms with E-state index >= 15 is 0 Å². The standard InChI is InChI=1S/C23H35N5O2/c1-5-18(4)24-22(29)16-26-10-12-27(13-11-26)23(30)25-20-6-7-21-19(14-20)8-9-28(21)15-17(2)3/h6-9,14,17-18H,5,10-13,15-16H2,1-4H3,(H,24,29)(H,25,30). The Morgan fingerprint density at radius 1 is 1.07 bits per heavy atom. The van der Waals surface area contributed by atoms with Crippen LogP contribution in [0.5, 0.6) is 0 Å². The van der Waals surface area contributed by atoms with Crippen molar-refractivity contribution in [3.05, 3.63) is 30.5 Å². The second-order valence-corrected chi connectivity index (χ2v) is 8.71. The summed E-state index contributed by atoms with van der Waals surface area (Å²) in [4.78, 5) is 28.7. The van der Waals surface area contributed by atoms with E-state index in [0.29, 0.717) is 38.6 Å². The normalized spacial score (nSPS) is 16.1. The molecule has 2 heterocycles. The largest absolute Gasteiger partial charge is 0.353 e. The molecule has 0 saturated carbocycles. The molecule has 7 heteroatoms. The monoisotopic (exact) mass is 413 g/mol. The number of amides is 3. The highest BCUT2D eigenvalue weighted by atomic mass is 16.2. The van der Waals surface area contributed by atoms with Gasteiger partial charge in [-0.05, 0) is 43.5 Å². The highest BCUT2D eigenvalue weighted by Gasteiger charge is 2.23. The number of urea groups is 1. The topological polar surface area (TPSA) is 69.6 Å². The summed E-state index contributed by atoms with van der Waals surface area (Å²) in [5.41, 5.74) is 2.00. The molecule has 1 unspecified atom stereocenters. The lowest BCUT2D eigenvalue weighted by Gasteiger charge is -2.34. The van der Waals surface area contributed by atoms with E-state index in [1.54, 1.807) is 0 Å². The van der Waals surface area contributed by atoms with Gasteiger partial charge in [0.25, 0.3) is 0 Å². The third kappa shape index (κ3) is 5.75. The molecule has 1 aliphatic heterocycles. The van der Waals surface area contributed by atoms with Gasteiger partial charge in [0.2, 0.25) is 5.91 Å². The van der Waals surface area contributed by atoms with Gasteiger partial charge in [0.15, 0.2) is 0 Å². The van der Waals surface area contributed by atoms with Crippen LogP contribution in [0.1, 0.15) is 34.1 Å². The summed E-state index contributed by atoms with van der Waals surface area (Å²) in [6, 6.07) is 8.27. The maximum Gasteiger partial charge on any atom is 0.321 e. The van der Waals surface area contributed by atoms with Crippen molar-refractivity contribution in [3.63, 3.8) is 0 Å². The smallest absolute Gasteiger partial charge is 0.321 e. The van der Waals surface area contributed by atoms with Gasteiger partial charge in [-0.1, -0.05) is 20.8 Å². The molecule has 164 valence electrons. The van der Waals surface area contributed by atoms with E-state index in [-0.39, 0.29) is 18.0 Å². The second kappa shape index (κ2) is 9.98. The Kier molecular flexibility index (Phi) is 7.37. The van der Waals surface area contributed by atoms with E-state index in [1.165, 1.54) is 5.52 Å². The van der Waals surface area contributed by atoms with E-state index in [2.05, 4.69) is 59.2 Å². The Morgan fingerprint density at radius 2 is 1.80 bits per heavy atom. The van der Waals surface area contributed by atoms with E-state index < -0.39 is 0 Å². The van der Waals surface area contributed by atoms with Crippen LogP contribution >= 0.6 is 0 Å². The number of hydrogen-bond donors (Lipinski definition) is 2. The molecule has 1 aromatic carbocycles. The number of carbonyl (C=O) groups is 2. The van der Waals surface area contributed by atoms with Crippen molar-refractivity contribution >= 4 is 28.5 Å². The highest BCUT2D eigenvalue weighted by Crippen LogP contribution is 2.22. The van der Waals surface area contributed by atoms with Crippen molar-refractivity contribution < 1.29 is 9.59 Å². The van der Waals surface area contributed by atoms with E-state index in [9.17, 15) is 9.59 Å². The van der Waals surface area contributed by atoms with Gasteiger partial charge in [-0.3, -0.25) is 9.69 Å².